The van der Waals surface area contributed by atoms with E-state index in [2.05, 4.69) is 50.8 Å². The Morgan fingerprint density at radius 2 is 2.16 bits per heavy atom. The van der Waals surface area contributed by atoms with Crippen LogP contribution in [0.25, 0.3) is 0 Å². The molecule has 19 heavy (non-hydrogen) atoms. The molecule has 102 valence electrons. The van der Waals surface area contributed by atoms with Crippen LogP contribution in [0.3, 0.4) is 0 Å². The van der Waals surface area contributed by atoms with E-state index in [9.17, 15) is 0 Å². The molecule has 0 saturated carbocycles. The molecule has 5 heteroatoms. The van der Waals surface area contributed by atoms with Crippen molar-refractivity contribution in [2.24, 2.45) is 5.92 Å². The molecular formula is C14H17BrClN3. The van der Waals surface area contributed by atoms with Gasteiger partial charge < -0.3 is 9.88 Å². The normalized spacial score (nSPS) is 11.1. The van der Waals surface area contributed by atoms with Gasteiger partial charge in [0, 0.05) is 12.7 Å². The standard InChI is InChI=1S/C14H17BrClN3/c1-9(2)7-19-8-10(3)17-14(19)18-12-6-4-5-11(16)13(12)15/h4-6,8-9H,7H2,1-3H3,(H,17,18). The summed E-state index contributed by atoms with van der Waals surface area (Å²) >= 11 is 9.58. The van der Waals surface area contributed by atoms with E-state index in [-0.39, 0.29) is 0 Å². The highest BCUT2D eigenvalue weighted by Crippen LogP contribution is 2.32. The molecule has 1 aromatic carbocycles. The van der Waals surface area contributed by atoms with Gasteiger partial charge in [0.15, 0.2) is 0 Å². The Hall–Kier alpha value is -1.000. The molecular weight excluding hydrogens is 326 g/mol. The number of nitrogens with one attached hydrogen (secondary N) is 1. The van der Waals surface area contributed by atoms with Crippen LogP contribution in [-0.4, -0.2) is 9.55 Å². The minimum absolute atomic E-state index is 0.567. The molecule has 0 radical (unpaired) electrons. The van der Waals surface area contributed by atoms with Crippen molar-refractivity contribution in [3.05, 3.63) is 39.6 Å². The molecule has 0 saturated heterocycles. The summed E-state index contributed by atoms with van der Waals surface area (Å²) in [6.07, 6.45) is 2.06. The Labute approximate surface area is 127 Å². The van der Waals surface area contributed by atoms with Gasteiger partial charge in [-0.2, -0.15) is 0 Å². The van der Waals surface area contributed by atoms with Gasteiger partial charge in [0.2, 0.25) is 5.95 Å². The molecule has 1 heterocycles. The van der Waals surface area contributed by atoms with E-state index < -0.39 is 0 Å². The molecule has 3 nitrogen and oxygen atoms in total. The highest BCUT2D eigenvalue weighted by molar-refractivity contribution is 9.10. The van der Waals surface area contributed by atoms with Crippen molar-refractivity contribution in [2.45, 2.75) is 27.3 Å². The number of imidazole rings is 1. The zero-order valence-corrected chi connectivity index (χ0v) is 13.6. The molecule has 1 aromatic heterocycles. The molecule has 0 bridgehead atoms. The number of benzene rings is 1. The summed E-state index contributed by atoms with van der Waals surface area (Å²) in [5.74, 6) is 1.41. The van der Waals surface area contributed by atoms with Crippen molar-refractivity contribution in [1.82, 2.24) is 9.55 Å². The average Bonchev–Trinajstić information content (AvgIpc) is 2.64. The largest absolute Gasteiger partial charge is 0.325 e. The van der Waals surface area contributed by atoms with Gasteiger partial charge in [-0.3, -0.25) is 0 Å². The van der Waals surface area contributed by atoms with E-state index in [0.717, 1.165) is 28.3 Å². The van der Waals surface area contributed by atoms with Gasteiger partial charge in [-0.25, -0.2) is 4.98 Å². The molecule has 0 fully saturated rings. The Morgan fingerprint density at radius 1 is 1.42 bits per heavy atom. The van der Waals surface area contributed by atoms with Crippen LogP contribution in [-0.2, 0) is 6.54 Å². The van der Waals surface area contributed by atoms with E-state index in [4.69, 9.17) is 11.6 Å². The summed E-state index contributed by atoms with van der Waals surface area (Å²) in [4.78, 5) is 4.52. The van der Waals surface area contributed by atoms with Gasteiger partial charge in [0.1, 0.15) is 0 Å². The molecule has 0 spiro atoms. The molecule has 0 aliphatic rings. The fourth-order valence-electron chi connectivity index (χ4n) is 1.90. The third-order valence-electron chi connectivity index (χ3n) is 2.66. The van der Waals surface area contributed by atoms with Gasteiger partial charge in [-0.15, -0.1) is 0 Å². The lowest BCUT2D eigenvalue weighted by atomic mass is 10.2. The van der Waals surface area contributed by atoms with Crippen molar-refractivity contribution < 1.29 is 0 Å². The van der Waals surface area contributed by atoms with E-state index >= 15 is 0 Å². The fraction of sp³-hybridized carbons (Fsp3) is 0.357. The number of hydrogen-bond acceptors (Lipinski definition) is 2. The van der Waals surface area contributed by atoms with Crippen LogP contribution in [0.4, 0.5) is 11.6 Å². The van der Waals surface area contributed by atoms with Crippen LogP contribution in [0.15, 0.2) is 28.9 Å². The Kier molecular flexibility index (Phi) is 4.53. The highest BCUT2D eigenvalue weighted by atomic mass is 79.9. The predicted molar refractivity (Wildman–Crippen MR) is 84.2 cm³/mol. The van der Waals surface area contributed by atoms with Crippen LogP contribution >= 0.6 is 27.5 Å². The quantitative estimate of drug-likeness (QED) is 0.846. The van der Waals surface area contributed by atoms with Crippen molar-refractivity contribution in [3.63, 3.8) is 0 Å². The first-order valence-corrected chi connectivity index (χ1v) is 7.39. The lowest BCUT2D eigenvalue weighted by molar-refractivity contribution is 0.527. The minimum atomic E-state index is 0.567. The number of nitrogens with zero attached hydrogens (tertiary/aromatic N) is 2. The molecule has 0 aliphatic carbocycles. The van der Waals surface area contributed by atoms with Crippen LogP contribution < -0.4 is 5.32 Å². The summed E-state index contributed by atoms with van der Waals surface area (Å²) in [7, 11) is 0. The monoisotopic (exact) mass is 341 g/mol. The Bertz CT molecular complexity index is 578. The maximum atomic E-state index is 6.10. The Morgan fingerprint density at radius 3 is 2.84 bits per heavy atom. The van der Waals surface area contributed by atoms with Crippen LogP contribution in [0.5, 0.6) is 0 Å². The summed E-state index contributed by atoms with van der Waals surface area (Å²) < 4.78 is 2.99. The van der Waals surface area contributed by atoms with Crippen LogP contribution in [0, 0.1) is 12.8 Å². The number of hydrogen-bond donors (Lipinski definition) is 1. The zero-order valence-electron chi connectivity index (χ0n) is 11.2. The predicted octanol–water partition coefficient (Wildman–Crippen LogP) is 5.01. The van der Waals surface area contributed by atoms with Gasteiger partial charge in [0.05, 0.1) is 20.9 Å². The molecule has 0 atom stereocenters. The summed E-state index contributed by atoms with van der Waals surface area (Å²) in [5.41, 5.74) is 1.92. The number of aromatic nitrogens is 2. The van der Waals surface area contributed by atoms with Gasteiger partial charge >= 0.3 is 0 Å². The molecule has 0 amide bonds. The van der Waals surface area contributed by atoms with E-state index in [1.165, 1.54) is 0 Å². The van der Waals surface area contributed by atoms with E-state index in [0.29, 0.717) is 10.9 Å². The fourth-order valence-corrected chi connectivity index (χ4v) is 2.44. The van der Waals surface area contributed by atoms with Crippen molar-refractivity contribution in [1.29, 1.82) is 0 Å². The average molecular weight is 343 g/mol. The van der Waals surface area contributed by atoms with Gasteiger partial charge in [-0.05, 0) is 40.9 Å². The SMILES string of the molecule is Cc1cn(CC(C)C)c(Nc2cccc(Cl)c2Br)n1. The van der Waals surface area contributed by atoms with Gasteiger partial charge in [-0.1, -0.05) is 31.5 Å². The molecule has 2 aromatic rings. The highest BCUT2D eigenvalue weighted by Gasteiger charge is 2.10. The molecule has 2 rings (SSSR count). The topological polar surface area (TPSA) is 29.9 Å². The Balaban J connectivity index is 2.30. The van der Waals surface area contributed by atoms with E-state index in [1.807, 2.05) is 25.1 Å². The van der Waals surface area contributed by atoms with Crippen molar-refractivity contribution in [3.8, 4) is 0 Å². The second-order valence-corrected chi connectivity index (χ2v) is 6.18. The summed E-state index contributed by atoms with van der Waals surface area (Å²) in [6.45, 7) is 7.30. The first-order valence-electron chi connectivity index (χ1n) is 6.22. The summed E-state index contributed by atoms with van der Waals surface area (Å²) in [6, 6.07) is 5.74. The maximum Gasteiger partial charge on any atom is 0.207 e. The van der Waals surface area contributed by atoms with Crippen molar-refractivity contribution in [2.75, 3.05) is 5.32 Å². The zero-order chi connectivity index (χ0) is 14.0. The second kappa shape index (κ2) is 5.97. The van der Waals surface area contributed by atoms with E-state index in [1.54, 1.807) is 0 Å². The smallest absolute Gasteiger partial charge is 0.207 e. The number of anilines is 2. The number of aryl methyl sites for hydroxylation is 1. The number of rotatable bonds is 4. The van der Waals surface area contributed by atoms with Crippen LogP contribution in [0.1, 0.15) is 19.5 Å². The number of halogens is 2. The molecule has 1 N–H and O–H groups in total. The van der Waals surface area contributed by atoms with Crippen molar-refractivity contribution >= 4 is 39.2 Å². The summed E-state index contributed by atoms with van der Waals surface area (Å²) in [5, 5.41) is 4.01. The molecule has 0 unspecified atom stereocenters. The maximum absolute atomic E-state index is 6.10. The third kappa shape index (κ3) is 3.51. The lowest BCUT2D eigenvalue weighted by Gasteiger charge is -2.13. The minimum Gasteiger partial charge on any atom is -0.325 e. The first-order chi connectivity index (χ1) is 8.97. The lowest BCUT2D eigenvalue weighted by Crippen LogP contribution is -2.07. The second-order valence-electron chi connectivity index (χ2n) is 4.98. The first kappa shape index (κ1) is 14.4. The molecule has 0 aliphatic heterocycles. The third-order valence-corrected chi connectivity index (χ3v) is 4.05. The van der Waals surface area contributed by atoms with Gasteiger partial charge in [0.25, 0.3) is 0 Å². The van der Waals surface area contributed by atoms with Crippen LogP contribution in [0.2, 0.25) is 5.02 Å².